The molecule has 0 saturated carbocycles. The van der Waals surface area contributed by atoms with Crippen LogP contribution in [0.3, 0.4) is 0 Å². The molecule has 3 heteroatoms. The molecular formula is C10H23N3. The van der Waals surface area contributed by atoms with E-state index < -0.39 is 0 Å². The van der Waals surface area contributed by atoms with Crippen LogP contribution < -0.4 is 11.1 Å². The molecule has 1 rings (SSSR count). The summed E-state index contributed by atoms with van der Waals surface area (Å²) in [6.45, 7) is 5.45. The van der Waals surface area contributed by atoms with Gasteiger partial charge in [0.2, 0.25) is 0 Å². The van der Waals surface area contributed by atoms with E-state index in [0.717, 1.165) is 6.54 Å². The van der Waals surface area contributed by atoms with Gasteiger partial charge in [-0.25, -0.2) is 0 Å². The smallest absolute Gasteiger partial charge is 0.0680 e. The highest BCUT2D eigenvalue weighted by Gasteiger charge is 2.29. The lowest BCUT2D eigenvalue weighted by atomic mass is 9.96. The molecule has 1 aliphatic rings. The van der Waals surface area contributed by atoms with Gasteiger partial charge in [0.25, 0.3) is 0 Å². The first-order valence-corrected chi connectivity index (χ1v) is 5.40. The molecule has 0 aromatic carbocycles. The van der Waals surface area contributed by atoms with E-state index in [2.05, 4.69) is 31.1 Å². The molecule has 0 spiro atoms. The molecule has 0 radical (unpaired) electrons. The summed E-state index contributed by atoms with van der Waals surface area (Å²) in [5, 5.41) is 3.47. The maximum atomic E-state index is 5.90. The lowest BCUT2D eigenvalue weighted by molar-refractivity contribution is 0.108. The van der Waals surface area contributed by atoms with Crippen molar-refractivity contribution >= 4 is 0 Å². The molecule has 0 aliphatic carbocycles. The van der Waals surface area contributed by atoms with Gasteiger partial charge in [-0.1, -0.05) is 20.3 Å². The van der Waals surface area contributed by atoms with E-state index in [1.807, 2.05) is 0 Å². The van der Waals surface area contributed by atoms with Gasteiger partial charge in [0.15, 0.2) is 0 Å². The summed E-state index contributed by atoms with van der Waals surface area (Å²) in [6.07, 6.45) is 3.85. The molecule has 1 saturated heterocycles. The van der Waals surface area contributed by atoms with Gasteiger partial charge < -0.3 is 5.73 Å². The van der Waals surface area contributed by atoms with Crippen molar-refractivity contribution in [3.63, 3.8) is 0 Å². The van der Waals surface area contributed by atoms with Crippen molar-refractivity contribution in [1.82, 2.24) is 10.2 Å². The molecule has 1 heterocycles. The summed E-state index contributed by atoms with van der Waals surface area (Å²) >= 11 is 0. The van der Waals surface area contributed by atoms with Gasteiger partial charge in [-0.15, -0.1) is 0 Å². The highest BCUT2D eigenvalue weighted by atomic mass is 15.3. The monoisotopic (exact) mass is 185 g/mol. The Morgan fingerprint density at radius 3 is 2.69 bits per heavy atom. The number of likely N-dealkylation sites (N-methyl/N-ethyl adjacent to an activating group) is 1. The Hall–Kier alpha value is -0.120. The Kier molecular flexibility index (Phi) is 4.16. The molecule has 13 heavy (non-hydrogen) atoms. The number of hydrogen-bond acceptors (Lipinski definition) is 3. The zero-order chi connectivity index (χ0) is 9.84. The highest BCUT2D eigenvalue weighted by Crippen LogP contribution is 2.16. The lowest BCUT2D eigenvalue weighted by Crippen LogP contribution is -2.63. The molecular weight excluding hydrogens is 162 g/mol. The summed E-state index contributed by atoms with van der Waals surface area (Å²) < 4.78 is 0. The summed E-state index contributed by atoms with van der Waals surface area (Å²) in [7, 11) is 2.18. The first-order chi connectivity index (χ1) is 6.19. The first kappa shape index (κ1) is 11.0. The zero-order valence-electron chi connectivity index (χ0n) is 9.09. The van der Waals surface area contributed by atoms with Crippen molar-refractivity contribution in [1.29, 1.82) is 0 Å². The second-order valence-corrected chi connectivity index (χ2v) is 4.08. The molecule has 3 N–H and O–H groups in total. The van der Waals surface area contributed by atoms with Gasteiger partial charge in [-0.2, -0.15) is 0 Å². The quantitative estimate of drug-likeness (QED) is 0.682. The van der Waals surface area contributed by atoms with Crippen molar-refractivity contribution in [3.8, 4) is 0 Å². The predicted octanol–water partition coefficient (Wildman–Crippen LogP) is 0.754. The number of nitrogens with two attached hydrogens (primary N) is 1. The minimum Gasteiger partial charge on any atom is -0.315 e. The van der Waals surface area contributed by atoms with E-state index in [-0.39, 0.29) is 6.17 Å². The fraction of sp³-hybridized carbons (Fsp3) is 1.00. The van der Waals surface area contributed by atoms with Crippen LogP contribution in [0.1, 0.15) is 33.1 Å². The third-order valence-corrected chi connectivity index (χ3v) is 2.97. The average Bonchev–Trinajstić information content (AvgIpc) is 2.09. The Morgan fingerprint density at radius 1 is 1.46 bits per heavy atom. The number of rotatable bonds is 3. The van der Waals surface area contributed by atoms with Crippen LogP contribution in [-0.4, -0.2) is 36.7 Å². The molecule has 0 amide bonds. The molecule has 3 atom stereocenters. The van der Waals surface area contributed by atoms with Crippen molar-refractivity contribution in [2.45, 2.75) is 51.4 Å². The number of nitrogens with one attached hydrogen (secondary N) is 1. The molecule has 78 valence electrons. The third kappa shape index (κ3) is 2.66. The van der Waals surface area contributed by atoms with Gasteiger partial charge in [-0.3, -0.25) is 10.2 Å². The van der Waals surface area contributed by atoms with Crippen LogP contribution in [0.2, 0.25) is 0 Å². The maximum Gasteiger partial charge on any atom is 0.0680 e. The largest absolute Gasteiger partial charge is 0.315 e. The Labute approximate surface area is 81.7 Å². The normalized spacial score (nSPS) is 36.5. The SMILES string of the molecule is CCCC1C(CC)NC(N)CN1C. The second-order valence-electron chi connectivity index (χ2n) is 4.08. The Morgan fingerprint density at radius 2 is 2.15 bits per heavy atom. The van der Waals surface area contributed by atoms with Crippen LogP contribution in [0.25, 0.3) is 0 Å². The van der Waals surface area contributed by atoms with E-state index >= 15 is 0 Å². The minimum absolute atomic E-state index is 0.156. The number of hydrogen-bond donors (Lipinski definition) is 2. The molecule has 3 unspecified atom stereocenters. The molecule has 0 aromatic heterocycles. The summed E-state index contributed by atoms with van der Waals surface area (Å²) in [4.78, 5) is 2.40. The van der Waals surface area contributed by atoms with Gasteiger partial charge >= 0.3 is 0 Å². The van der Waals surface area contributed by atoms with E-state index in [1.54, 1.807) is 0 Å². The van der Waals surface area contributed by atoms with Crippen molar-refractivity contribution in [3.05, 3.63) is 0 Å². The van der Waals surface area contributed by atoms with Gasteiger partial charge in [0.1, 0.15) is 0 Å². The first-order valence-electron chi connectivity index (χ1n) is 5.40. The van der Waals surface area contributed by atoms with E-state index in [1.165, 1.54) is 19.3 Å². The van der Waals surface area contributed by atoms with Crippen LogP contribution in [0.4, 0.5) is 0 Å². The van der Waals surface area contributed by atoms with Crippen molar-refractivity contribution in [2.24, 2.45) is 5.73 Å². The number of nitrogens with zero attached hydrogens (tertiary/aromatic N) is 1. The topological polar surface area (TPSA) is 41.3 Å². The zero-order valence-corrected chi connectivity index (χ0v) is 9.09. The van der Waals surface area contributed by atoms with Crippen molar-refractivity contribution < 1.29 is 0 Å². The minimum atomic E-state index is 0.156. The van der Waals surface area contributed by atoms with Gasteiger partial charge in [0.05, 0.1) is 6.17 Å². The summed E-state index contributed by atoms with van der Waals surface area (Å²) in [5.41, 5.74) is 5.90. The predicted molar refractivity (Wildman–Crippen MR) is 56.5 cm³/mol. The van der Waals surface area contributed by atoms with Gasteiger partial charge in [-0.05, 0) is 19.9 Å². The van der Waals surface area contributed by atoms with Crippen molar-refractivity contribution in [2.75, 3.05) is 13.6 Å². The molecule has 1 aliphatic heterocycles. The van der Waals surface area contributed by atoms with E-state index in [0.29, 0.717) is 12.1 Å². The Balaban J connectivity index is 2.55. The standard InChI is InChI=1S/C10H23N3/c1-4-6-9-8(5-2)12-10(11)7-13(9)3/h8-10,12H,4-7,11H2,1-3H3. The van der Waals surface area contributed by atoms with Crippen LogP contribution in [0.5, 0.6) is 0 Å². The molecule has 1 fully saturated rings. The van der Waals surface area contributed by atoms with Crippen LogP contribution in [-0.2, 0) is 0 Å². The molecule has 0 aromatic rings. The highest BCUT2D eigenvalue weighted by molar-refractivity contribution is 4.89. The number of piperazine rings is 1. The second kappa shape index (κ2) is 4.94. The van der Waals surface area contributed by atoms with E-state index in [4.69, 9.17) is 5.73 Å². The third-order valence-electron chi connectivity index (χ3n) is 2.97. The maximum absolute atomic E-state index is 5.90. The van der Waals surface area contributed by atoms with Gasteiger partial charge in [0, 0.05) is 18.6 Å². The van der Waals surface area contributed by atoms with Crippen LogP contribution in [0.15, 0.2) is 0 Å². The average molecular weight is 185 g/mol. The lowest BCUT2D eigenvalue weighted by Gasteiger charge is -2.42. The Bertz CT molecular complexity index is 149. The van der Waals surface area contributed by atoms with Crippen LogP contribution >= 0.6 is 0 Å². The fourth-order valence-electron chi connectivity index (χ4n) is 2.30. The summed E-state index contributed by atoms with van der Waals surface area (Å²) in [6, 6.07) is 1.25. The summed E-state index contributed by atoms with van der Waals surface area (Å²) in [5.74, 6) is 0. The fourth-order valence-corrected chi connectivity index (χ4v) is 2.30. The molecule has 0 bridgehead atoms. The van der Waals surface area contributed by atoms with E-state index in [9.17, 15) is 0 Å². The van der Waals surface area contributed by atoms with Crippen LogP contribution in [0, 0.1) is 0 Å². The molecule has 3 nitrogen and oxygen atoms in total.